The highest BCUT2D eigenvalue weighted by atomic mass is 16.5. The highest BCUT2D eigenvalue weighted by molar-refractivity contribution is 5.94. The molecular formula is C22H28N6O3. The molecule has 4 heterocycles. The number of para-hydroxylation sites is 1. The number of morpholine rings is 1. The first-order valence-corrected chi connectivity index (χ1v) is 11.0. The lowest BCUT2D eigenvalue weighted by atomic mass is 9.85. The Bertz CT molecular complexity index is 942. The Morgan fingerprint density at radius 1 is 1.03 bits per heavy atom. The van der Waals surface area contributed by atoms with Gasteiger partial charge in [0, 0.05) is 45.8 Å². The van der Waals surface area contributed by atoms with Crippen LogP contribution in [0.2, 0.25) is 0 Å². The van der Waals surface area contributed by atoms with Gasteiger partial charge in [0.15, 0.2) is 5.69 Å². The molecule has 1 aromatic carbocycles. The third-order valence-electron chi connectivity index (χ3n) is 6.77. The first-order valence-electron chi connectivity index (χ1n) is 11.0. The van der Waals surface area contributed by atoms with Gasteiger partial charge in [-0.15, -0.1) is 5.10 Å². The smallest absolute Gasteiger partial charge is 0.276 e. The van der Waals surface area contributed by atoms with Gasteiger partial charge in [0.1, 0.15) is 0 Å². The Hall–Kier alpha value is -2.78. The van der Waals surface area contributed by atoms with Gasteiger partial charge < -0.3 is 14.5 Å². The lowest BCUT2D eigenvalue weighted by molar-refractivity contribution is -0.135. The van der Waals surface area contributed by atoms with E-state index in [2.05, 4.69) is 15.2 Å². The SMILES string of the molecule is O=C(c1cn(-c2ccccc2)nn1)N1CCC2(CCN(CCN3CCOCC3)C2=O)C1. The van der Waals surface area contributed by atoms with Crippen LogP contribution in [0.25, 0.3) is 5.69 Å². The van der Waals surface area contributed by atoms with Crippen LogP contribution in [0.4, 0.5) is 0 Å². The van der Waals surface area contributed by atoms with Crippen molar-refractivity contribution >= 4 is 11.8 Å². The number of carbonyl (C=O) groups excluding carboxylic acids is 2. The minimum atomic E-state index is -0.434. The number of ether oxygens (including phenoxy) is 1. The topological polar surface area (TPSA) is 83.8 Å². The van der Waals surface area contributed by atoms with Crippen molar-refractivity contribution in [3.8, 4) is 5.69 Å². The summed E-state index contributed by atoms with van der Waals surface area (Å²) in [5, 5.41) is 8.17. The Balaban J connectivity index is 1.20. The average Bonchev–Trinajstić information content (AvgIpc) is 3.55. The number of nitrogens with zero attached hydrogens (tertiary/aromatic N) is 6. The molecule has 1 aromatic heterocycles. The minimum absolute atomic E-state index is 0.154. The van der Waals surface area contributed by atoms with E-state index in [1.807, 2.05) is 35.2 Å². The second kappa shape index (κ2) is 8.39. The molecule has 3 saturated heterocycles. The van der Waals surface area contributed by atoms with Gasteiger partial charge in [-0.1, -0.05) is 23.4 Å². The molecule has 1 atom stereocenters. The van der Waals surface area contributed by atoms with Crippen LogP contribution in [0.5, 0.6) is 0 Å². The van der Waals surface area contributed by atoms with Crippen LogP contribution in [0, 0.1) is 5.41 Å². The van der Waals surface area contributed by atoms with Gasteiger partial charge in [-0.25, -0.2) is 4.68 Å². The van der Waals surface area contributed by atoms with Gasteiger partial charge in [0.25, 0.3) is 5.91 Å². The molecule has 0 aliphatic carbocycles. The van der Waals surface area contributed by atoms with Crippen molar-refractivity contribution in [2.45, 2.75) is 12.8 Å². The molecule has 164 valence electrons. The van der Waals surface area contributed by atoms with Crippen molar-refractivity contribution in [1.29, 1.82) is 0 Å². The second-order valence-electron chi connectivity index (χ2n) is 8.64. The summed E-state index contributed by atoms with van der Waals surface area (Å²) >= 11 is 0. The Morgan fingerprint density at radius 3 is 2.61 bits per heavy atom. The maximum Gasteiger partial charge on any atom is 0.276 e. The number of benzene rings is 1. The van der Waals surface area contributed by atoms with Crippen LogP contribution >= 0.6 is 0 Å². The summed E-state index contributed by atoms with van der Waals surface area (Å²) in [6, 6.07) is 9.59. The molecule has 1 unspecified atom stereocenters. The highest BCUT2D eigenvalue weighted by Crippen LogP contribution is 2.41. The van der Waals surface area contributed by atoms with Crippen LogP contribution in [0.3, 0.4) is 0 Å². The fraction of sp³-hybridized carbons (Fsp3) is 0.545. The largest absolute Gasteiger partial charge is 0.379 e. The fourth-order valence-corrected chi connectivity index (χ4v) is 4.85. The Morgan fingerprint density at radius 2 is 1.81 bits per heavy atom. The fourth-order valence-electron chi connectivity index (χ4n) is 4.85. The summed E-state index contributed by atoms with van der Waals surface area (Å²) in [5.74, 6) is 0.0441. The predicted octanol–water partition coefficient (Wildman–Crippen LogP) is 0.664. The summed E-state index contributed by atoms with van der Waals surface area (Å²) in [4.78, 5) is 32.3. The molecule has 3 aliphatic rings. The first kappa shape index (κ1) is 20.1. The van der Waals surface area contributed by atoms with Crippen molar-refractivity contribution < 1.29 is 14.3 Å². The number of carbonyl (C=O) groups is 2. The Kier molecular flexibility index (Phi) is 5.45. The van der Waals surface area contributed by atoms with Crippen LogP contribution in [-0.4, -0.2) is 101 Å². The molecule has 9 nitrogen and oxygen atoms in total. The van der Waals surface area contributed by atoms with E-state index in [-0.39, 0.29) is 11.8 Å². The van der Waals surface area contributed by atoms with Gasteiger partial charge >= 0.3 is 0 Å². The number of likely N-dealkylation sites (tertiary alicyclic amines) is 2. The molecule has 2 amide bonds. The molecule has 2 aromatic rings. The normalized spacial score (nSPS) is 24.5. The monoisotopic (exact) mass is 424 g/mol. The number of hydrogen-bond acceptors (Lipinski definition) is 6. The summed E-state index contributed by atoms with van der Waals surface area (Å²) < 4.78 is 7.00. The zero-order chi connectivity index (χ0) is 21.3. The lowest BCUT2D eigenvalue weighted by Crippen LogP contribution is -2.43. The summed E-state index contributed by atoms with van der Waals surface area (Å²) in [7, 11) is 0. The number of aromatic nitrogens is 3. The van der Waals surface area contributed by atoms with Crippen LogP contribution in [0.15, 0.2) is 36.5 Å². The number of rotatable bonds is 5. The van der Waals surface area contributed by atoms with Crippen molar-refractivity contribution in [2.75, 3.05) is 59.0 Å². The van der Waals surface area contributed by atoms with Gasteiger partial charge in [0.2, 0.25) is 5.91 Å². The molecule has 3 fully saturated rings. The molecular weight excluding hydrogens is 396 g/mol. The maximum atomic E-state index is 13.2. The molecule has 1 spiro atoms. The molecule has 0 radical (unpaired) electrons. The number of amides is 2. The van der Waals surface area contributed by atoms with Crippen molar-refractivity contribution in [1.82, 2.24) is 29.7 Å². The summed E-state index contributed by atoms with van der Waals surface area (Å²) in [6.07, 6.45) is 3.20. The lowest BCUT2D eigenvalue weighted by Gasteiger charge is -2.29. The molecule has 31 heavy (non-hydrogen) atoms. The summed E-state index contributed by atoms with van der Waals surface area (Å²) in [6.45, 7) is 6.86. The van der Waals surface area contributed by atoms with E-state index in [9.17, 15) is 9.59 Å². The molecule has 3 aliphatic heterocycles. The van der Waals surface area contributed by atoms with Gasteiger partial charge in [0.05, 0.1) is 30.5 Å². The van der Waals surface area contributed by atoms with E-state index in [4.69, 9.17) is 4.74 Å². The molecule has 0 saturated carbocycles. The zero-order valence-corrected chi connectivity index (χ0v) is 17.7. The average molecular weight is 425 g/mol. The summed E-state index contributed by atoms with van der Waals surface area (Å²) in [5.41, 5.74) is 0.736. The quantitative estimate of drug-likeness (QED) is 0.701. The van der Waals surface area contributed by atoms with Crippen molar-refractivity contribution in [3.63, 3.8) is 0 Å². The van der Waals surface area contributed by atoms with Gasteiger partial charge in [-0.3, -0.25) is 14.5 Å². The zero-order valence-electron chi connectivity index (χ0n) is 17.7. The van der Waals surface area contributed by atoms with E-state index in [0.29, 0.717) is 18.8 Å². The molecule has 9 heteroatoms. The van der Waals surface area contributed by atoms with E-state index >= 15 is 0 Å². The van der Waals surface area contributed by atoms with Crippen LogP contribution in [-0.2, 0) is 9.53 Å². The standard InChI is InChI=1S/C22H28N6O3/c29-20(19-16-28(24-23-19)18-4-2-1-3-5-18)27-9-7-22(17-27)6-8-26(21(22)30)11-10-25-12-14-31-15-13-25/h1-5,16H,6-15,17H2. The van der Waals surface area contributed by atoms with E-state index in [0.717, 1.165) is 64.5 Å². The second-order valence-corrected chi connectivity index (χ2v) is 8.64. The number of hydrogen-bond donors (Lipinski definition) is 0. The predicted molar refractivity (Wildman–Crippen MR) is 113 cm³/mol. The maximum absolute atomic E-state index is 13.2. The first-order chi connectivity index (χ1) is 15.1. The molecule has 0 bridgehead atoms. The van der Waals surface area contributed by atoms with E-state index in [1.165, 1.54) is 0 Å². The minimum Gasteiger partial charge on any atom is -0.379 e. The van der Waals surface area contributed by atoms with E-state index in [1.54, 1.807) is 15.8 Å². The molecule has 5 rings (SSSR count). The van der Waals surface area contributed by atoms with Crippen LogP contribution in [0.1, 0.15) is 23.3 Å². The third kappa shape index (κ3) is 3.95. The van der Waals surface area contributed by atoms with Gasteiger partial charge in [-0.05, 0) is 25.0 Å². The molecule has 0 N–H and O–H groups in total. The third-order valence-corrected chi connectivity index (χ3v) is 6.77. The van der Waals surface area contributed by atoms with E-state index < -0.39 is 5.41 Å². The van der Waals surface area contributed by atoms with Crippen molar-refractivity contribution in [2.24, 2.45) is 5.41 Å². The van der Waals surface area contributed by atoms with Crippen molar-refractivity contribution in [3.05, 3.63) is 42.2 Å². The highest BCUT2D eigenvalue weighted by Gasteiger charge is 2.51. The van der Waals surface area contributed by atoms with Gasteiger partial charge in [-0.2, -0.15) is 0 Å². The van der Waals surface area contributed by atoms with Crippen LogP contribution < -0.4 is 0 Å². The Labute approximate surface area is 181 Å².